The van der Waals surface area contributed by atoms with Crippen LogP contribution in [0.5, 0.6) is 0 Å². The van der Waals surface area contributed by atoms with Crippen LogP contribution in [0.25, 0.3) is 0 Å². The average Bonchev–Trinajstić information content (AvgIpc) is 3.31. The molecule has 1 fully saturated rings. The van der Waals surface area contributed by atoms with E-state index >= 15 is 0 Å². The summed E-state index contributed by atoms with van der Waals surface area (Å²) in [6.45, 7) is 5.34. The van der Waals surface area contributed by atoms with Crippen molar-refractivity contribution < 1.29 is 14.3 Å². The van der Waals surface area contributed by atoms with E-state index in [0.29, 0.717) is 19.4 Å². The number of esters is 1. The first-order valence-electron chi connectivity index (χ1n) is 9.64. The molecular weight excluding hydrogens is 290 g/mol. The van der Waals surface area contributed by atoms with Crippen molar-refractivity contribution in [2.75, 3.05) is 13.2 Å². The molecule has 0 aromatic rings. The SMILES string of the molecule is CCCCCCCCCCCC(=O)N1C[C@H]1COC(=O)CCC. The van der Waals surface area contributed by atoms with E-state index in [-0.39, 0.29) is 17.9 Å². The third-order valence-electron chi connectivity index (χ3n) is 4.42. The van der Waals surface area contributed by atoms with E-state index in [4.69, 9.17) is 4.74 Å². The molecule has 134 valence electrons. The van der Waals surface area contributed by atoms with E-state index in [9.17, 15) is 9.59 Å². The minimum absolute atomic E-state index is 0.141. The van der Waals surface area contributed by atoms with Crippen LogP contribution in [-0.2, 0) is 14.3 Å². The Kier molecular flexibility index (Phi) is 10.8. The normalized spacial score (nSPS) is 16.4. The molecule has 1 heterocycles. The van der Waals surface area contributed by atoms with Crippen LogP contribution < -0.4 is 0 Å². The summed E-state index contributed by atoms with van der Waals surface area (Å²) in [5, 5.41) is 0. The maximum Gasteiger partial charge on any atom is 0.305 e. The molecule has 1 rings (SSSR count). The number of carbonyl (C=O) groups is 2. The van der Waals surface area contributed by atoms with Gasteiger partial charge in [0.15, 0.2) is 0 Å². The van der Waals surface area contributed by atoms with Gasteiger partial charge in [0, 0.05) is 19.4 Å². The van der Waals surface area contributed by atoms with Gasteiger partial charge in [0.25, 0.3) is 0 Å². The molecule has 0 spiro atoms. The Morgan fingerprint density at radius 2 is 1.48 bits per heavy atom. The molecule has 0 saturated carbocycles. The van der Waals surface area contributed by atoms with Crippen molar-refractivity contribution in [3.63, 3.8) is 0 Å². The third-order valence-corrected chi connectivity index (χ3v) is 4.42. The predicted molar refractivity (Wildman–Crippen MR) is 93.2 cm³/mol. The monoisotopic (exact) mass is 325 g/mol. The zero-order valence-electron chi connectivity index (χ0n) is 15.1. The van der Waals surface area contributed by atoms with Gasteiger partial charge < -0.3 is 9.64 Å². The fourth-order valence-electron chi connectivity index (χ4n) is 2.82. The first-order valence-corrected chi connectivity index (χ1v) is 9.64. The first-order chi connectivity index (χ1) is 11.2. The molecule has 1 atom stereocenters. The zero-order chi connectivity index (χ0) is 16.9. The molecule has 0 aromatic heterocycles. The van der Waals surface area contributed by atoms with Crippen molar-refractivity contribution in [3.05, 3.63) is 0 Å². The molecule has 1 saturated heterocycles. The number of amides is 1. The van der Waals surface area contributed by atoms with Crippen LogP contribution in [0.2, 0.25) is 0 Å². The van der Waals surface area contributed by atoms with Gasteiger partial charge in [-0.1, -0.05) is 65.2 Å². The van der Waals surface area contributed by atoms with Gasteiger partial charge >= 0.3 is 5.97 Å². The fraction of sp³-hybridized carbons (Fsp3) is 0.895. The Bertz CT molecular complexity index is 344. The number of hydrogen-bond donors (Lipinski definition) is 0. The molecular formula is C19H35NO3. The molecule has 4 nitrogen and oxygen atoms in total. The summed E-state index contributed by atoms with van der Waals surface area (Å²) in [5.41, 5.74) is 0. The predicted octanol–water partition coefficient (Wildman–Crippen LogP) is 4.46. The lowest BCUT2D eigenvalue weighted by Crippen LogP contribution is -2.17. The number of nitrogens with zero attached hydrogens (tertiary/aromatic N) is 1. The minimum Gasteiger partial charge on any atom is -0.463 e. The molecule has 0 bridgehead atoms. The Balaban J connectivity index is 1.90. The van der Waals surface area contributed by atoms with Gasteiger partial charge in [-0.05, 0) is 12.8 Å². The number of rotatable bonds is 14. The number of unbranched alkanes of at least 4 members (excludes halogenated alkanes) is 8. The summed E-state index contributed by atoms with van der Waals surface area (Å²) in [4.78, 5) is 25.1. The van der Waals surface area contributed by atoms with E-state index in [1.807, 2.05) is 11.8 Å². The largest absolute Gasteiger partial charge is 0.463 e. The van der Waals surface area contributed by atoms with E-state index < -0.39 is 0 Å². The summed E-state index contributed by atoms with van der Waals surface area (Å²) in [6.07, 6.45) is 13.4. The Morgan fingerprint density at radius 1 is 0.870 bits per heavy atom. The molecule has 0 radical (unpaired) electrons. The van der Waals surface area contributed by atoms with E-state index in [0.717, 1.165) is 25.8 Å². The maximum absolute atomic E-state index is 12.0. The van der Waals surface area contributed by atoms with Crippen LogP contribution in [0.3, 0.4) is 0 Å². The first kappa shape index (κ1) is 20.0. The second-order valence-electron chi connectivity index (χ2n) is 6.71. The van der Waals surface area contributed by atoms with Crippen molar-refractivity contribution in [2.45, 2.75) is 96.9 Å². The standard InChI is InChI=1S/C19H35NO3/c1-3-5-6-7-8-9-10-11-12-14-18(21)20-15-17(20)16-23-19(22)13-4-2/h17H,3-16H2,1-2H3/t17-,20?/m0/s1. The average molecular weight is 325 g/mol. The summed E-state index contributed by atoms with van der Waals surface area (Å²) >= 11 is 0. The lowest BCUT2D eigenvalue weighted by atomic mass is 10.1. The van der Waals surface area contributed by atoms with Gasteiger partial charge in [-0.15, -0.1) is 0 Å². The van der Waals surface area contributed by atoms with Crippen LogP contribution in [0.1, 0.15) is 90.9 Å². The second-order valence-corrected chi connectivity index (χ2v) is 6.71. The van der Waals surface area contributed by atoms with Crippen molar-refractivity contribution >= 4 is 11.9 Å². The van der Waals surface area contributed by atoms with Crippen LogP contribution in [0, 0.1) is 0 Å². The Hall–Kier alpha value is -1.06. The molecule has 0 aromatic carbocycles. The lowest BCUT2D eigenvalue weighted by Gasteiger charge is -2.06. The molecule has 23 heavy (non-hydrogen) atoms. The molecule has 0 N–H and O–H groups in total. The molecule has 0 aliphatic carbocycles. The van der Waals surface area contributed by atoms with Crippen molar-refractivity contribution in [1.82, 2.24) is 4.90 Å². The molecule has 1 aliphatic rings. The topological polar surface area (TPSA) is 46.4 Å². The van der Waals surface area contributed by atoms with Gasteiger partial charge in [0.1, 0.15) is 6.61 Å². The lowest BCUT2D eigenvalue weighted by molar-refractivity contribution is -0.144. The Morgan fingerprint density at radius 3 is 2.09 bits per heavy atom. The van der Waals surface area contributed by atoms with Gasteiger partial charge in [-0.2, -0.15) is 0 Å². The maximum atomic E-state index is 12.0. The van der Waals surface area contributed by atoms with Crippen LogP contribution in [-0.4, -0.2) is 36.0 Å². The highest BCUT2D eigenvalue weighted by Gasteiger charge is 2.38. The highest BCUT2D eigenvalue weighted by molar-refractivity contribution is 5.79. The summed E-state index contributed by atoms with van der Waals surface area (Å²) in [7, 11) is 0. The number of hydrogen-bond acceptors (Lipinski definition) is 3. The molecule has 1 aliphatic heterocycles. The van der Waals surface area contributed by atoms with E-state index in [1.165, 1.54) is 44.9 Å². The smallest absolute Gasteiger partial charge is 0.305 e. The van der Waals surface area contributed by atoms with Crippen LogP contribution in [0.4, 0.5) is 0 Å². The van der Waals surface area contributed by atoms with Gasteiger partial charge in [0.05, 0.1) is 6.04 Å². The third kappa shape index (κ3) is 9.62. The quantitative estimate of drug-likeness (QED) is 0.269. The number of ether oxygens (including phenoxy) is 1. The van der Waals surface area contributed by atoms with Crippen molar-refractivity contribution in [1.29, 1.82) is 0 Å². The van der Waals surface area contributed by atoms with Crippen molar-refractivity contribution in [2.24, 2.45) is 0 Å². The minimum atomic E-state index is -0.147. The molecule has 1 amide bonds. The zero-order valence-corrected chi connectivity index (χ0v) is 15.1. The van der Waals surface area contributed by atoms with Crippen molar-refractivity contribution in [3.8, 4) is 0 Å². The summed E-state index contributed by atoms with van der Waals surface area (Å²) in [5.74, 6) is 0.0789. The highest BCUT2D eigenvalue weighted by atomic mass is 16.5. The van der Waals surface area contributed by atoms with Gasteiger partial charge in [-0.25, -0.2) is 0 Å². The Labute approximate surface area is 141 Å². The van der Waals surface area contributed by atoms with Crippen LogP contribution in [0.15, 0.2) is 0 Å². The molecule has 4 heteroatoms. The van der Waals surface area contributed by atoms with Gasteiger partial charge in [-0.3, -0.25) is 9.59 Å². The van der Waals surface area contributed by atoms with Crippen LogP contribution >= 0.6 is 0 Å². The van der Waals surface area contributed by atoms with E-state index in [2.05, 4.69) is 6.92 Å². The summed E-state index contributed by atoms with van der Waals surface area (Å²) < 4.78 is 5.15. The summed E-state index contributed by atoms with van der Waals surface area (Å²) in [6, 6.07) is 0.141. The second kappa shape index (κ2) is 12.4. The molecule has 0 unspecified atom stereocenters. The highest BCUT2D eigenvalue weighted by Crippen LogP contribution is 2.20. The fourth-order valence-corrected chi connectivity index (χ4v) is 2.82. The van der Waals surface area contributed by atoms with E-state index in [1.54, 1.807) is 0 Å². The van der Waals surface area contributed by atoms with Gasteiger partial charge in [0.2, 0.25) is 5.91 Å². The number of carbonyl (C=O) groups excluding carboxylic acids is 2.